The first kappa shape index (κ1) is 11.4. The molecule has 0 aliphatic heterocycles. The SMILES string of the molecule is CC1(C)CCCC1(O)C1CCCCCC1. The first-order valence-electron chi connectivity index (χ1n) is 6.79. The Hall–Kier alpha value is -0.0400. The van der Waals surface area contributed by atoms with E-state index in [0.717, 1.165) is 6.42 Å². The summed E-state index contributed by atoms with van der Waals surface area (Å²) >= 11 is 0. The molecule has 1 unspecified atom stereocenters. The minimum atomic E-state index is -0.350. The maximum atomic E-state index is 11.0. The Kier molecular flexibility index (Phi) is 3.12. The van der Waals surface area contributed by atoms with Crippen LogP contribution in [-0.4, -0.2) is 10.7 Å². The van der Waals surface area contributed by atoms with Crippen molar-refractivity contribution in [2.24, 2.45) is 11.3 Å². The van der Waals surface area contributed by atoms with Gasteiger partial charge < -0.3 is 5.11 Å². The van der Waals surface area contributed by atoms with Crippen molar-refractivity contribution in [1.29, 1.82) is 0 Å². The van der Waals surface area contributed by atoms with Crippen LogP contribution in [0.5, 0.6) is 0 Å². The molecule has 1 atom stereocenters. The fourth-order valence-corrected chi connectivity index (χ4v) is 3.87. The number of hydrogen-bond acceptors (Lipinski definition) is 1. The fraction of sp³-hybridized carbons (Fsp3) is 1.00. The maximum absolute atomic E-state index is 11.0. The molecule has 1 heteroatoms. The zero-order chi connectivity index (χ0) is 10.9. The highest BCUT2D eigenvalue weighted by atomic mass is 16.3. The molecular weight excluding hydrogens is 184 g/mol. The lowest BCUT2D eigenvalue weighted by atomic mass is 9.68. The quantitative estimate of drug-likeness (QED) is 0.651. The lowest BCUT2D eigenvalue weighted by Gasteiger charge is -2.43. The van der Waals surface area contributed by atoms with Gasteiger partial charge in [0, 0.05) is 0 Å². The summed E-state index contributed by atoms with van der Waals surface area (Å²) in [6, 6.07) is 0. The van der Waals surface area contributed by atoms with Gasteiger partial charge in [-0.3, -0.25) is 0 Å². The Morgan fingerprint density at radius 2 is 1.47 bits per heavy atom. The van der Waals surface area contributed by atoms with Gasteiger partial charge in [-0.2, -0.15) is 0 Å². The lowest BCUT2D eigenvalue weighted by Crippen LogP contribution is -2.46. The van der Waals surface area contributed by atoms with Crippen LogP contribution in [0.15, 0.2) is 0 Å². The molecule has 1 N–H and O–H groups in total. The average Bonchev–Trinajstić information content (AvgIpc) is 2.45. The van der Waals surface area contributed by atoms with Crippen LogP contribution in [0.3, 0.4) is 0 Å². The van der Waals surface area contributed by atoms with Gasteiger partial charge in [0.2, 0.25) is 0 Å². The van der Waals surface area contributed by atoms with Crippen molar-refractivity contribution in [2.75, 3.05) is 0 Å². The maximum Gasteiger partial charge on any atom is 0.0726 e. The second-order valence-corrected chi connectivity index (χ2v) is 6.35. The molecular formula is C14H26O. The van der Waals surface area contributed by atoms with Crippen LogP contribution < -0.4 is 0 Å². The van der Waals surface area contributed by atoms with Gasteiger partial charge in [-0.25, -0.2) is 0 Å². The molecule has 15 heavy (non-hydrogen) atoms. The van der Waals surface area contributed by atoms with Crippen LogP contribution in [0.1, 0.15) is 71.6 Å². The van der Waals surface area contributed by atoms with E-state index >= 15 is 0 Å². The minimum absolute atomic E-state index is 0.155. The Bertz CT molecular complexity index is 213. The summed E-state index contributed by atoms with van der Waals surface area (Å²) in [4.78, 5) is 0. The van der Waals surface area contributed by atoms with E-state index in [1.54, 1.807) is 0 Å². The summed E-state index contributed by atoms with van der Waals surface area (Å²) in [5.74, 6) is 0.581. The van der Waals surface area contributed by atoms with Crippen LogP contribution in [0.2, 0.25) is 0 Å². The standard InChI is InChI=1S/C14H26O/c1-13(2)10-7-11-14(13,15)12-8-5-3-4-6-9-12/h12,15H,3-11H2,1-2H3. The van der Waals surface area contributed by atoms with Crippen molar-refractivity contribution >= 4 is 0 Å². The van der Waals surface area contributed by atoms with Gasteiger partial charge in [0.25, 0.3) is 0 Å². The van der Waals surface area contributed by atoms with Crippen LogP contribution in [0.4, 0.5) is 0 Å². The van der Waals surface area contributed by atoms with Gasteiger partial charge in [-0.1, -0.05) is 39.5 Å². The Balaban J connectivity index is 2.12. The molecule has 2 fully saturated rings. The lowest BCUT2D eigenvalue weighted by molar-refractivity contribution is -0.0951. The number of aliphatic hydroxyl groups is 1. The molecule has 0 bridgehead atoms. The summed E-state index contributed by atoms with van der Waals surface area (Å²) in [6.07, 6.45) is 11.4. The number of rotatable bonds is 1. The Morgan fingerprint density at radius 1 is 0.867 bits per heavy atom. The highest BCUT2D eigenvalue weighted by Gasteiger charge is 2.51. The van der Waals surface area contributed by atoms with Crippen molar-refractivity contribution in [3.8, 4) is 0 Å². The van der Waals surface area contributed by atoms with Crippen molar-refractivity contribution in [2.45, 2.75) is 77.2 Å². The minimum Gasteiger partial charge on any atom is -0.389 e. The van der Waals surface area contributed by atoms with Gasteiger partial charge in [0.1, 0.15) is 0 Å². The summed E-state index contributed by atoms with van der Waals surface area (Å²) in [5.41, 5.74) is -0.195. The summed E-state index contributed by atoms with van der Waals surface area (Å²) in [6.45, 7) is 4.54. The first-order chi connectivity index (χ1) is 7.06. The van der Waals surface area contributed by atoms with E-state index in [4.69, 9.17) is 0 Å². The van der Waals surface area contributed by atoms with E-state index < -0.39 is 0 Å². The molecule has 0 saturated heterocycles. The molecule has 0 aromatic heterocycles. The molecule has 88 valence electrons. The third-order valence-corrected chi connectivity index (χ3v) is 5.06. The van der Waals surface area contributed by atoms with Crippen molar-refractivity contribution < 1.29 is 5.11 Å². The monoisotopic (exact) mass is 210 g/mol. The zero-order valence-corrected chi connectivity index (χ0v) is 10.4. The second-order valence-electron chi connectivity index (χ2n) is 6.35. The third-order valence-electron chi connectivity index (χ3n) is 5.06. The molecule has 0 spiro atoms. The second kappa shape index (κ2) is 4.08. The summed E-state index contributed by atoms with van der Waals surface area (Å²) in [7, 11) is 0. The van der Waals surface area contributed by atoms with Crippen LogP contribution in [-0.2, 0) is 0 Å². The molecule has 0 radical (unpaired) electrons. The van der Waals surface area contributed by atoms with Gasteiger partial charge in [0.05, 0.1) is 5.60 Å². The highest BCUT2D eigenvalue weighted by molar-refractivity contribution is 5.02. The molecule has 2 aliphatic rings. The van der Waals surface area contributed by atoms with Gasteiger partial charge in [-0.05, 0) is 43.4 Å². The Morgan fingerprint density at radius 3 is 1.93 bits per heavy atom. The van der Waals surface area contributed by atoms with Gasteiger partial charge >= 0.3 is 0 Å². The van der Waals surface area contributed by atoms with E-state index in [2.05, 4.69) is 13.8 Å². The normalized spacial score (nSPS) is 37.8. The predicted molar refractivity (Wildman–Crippen MR) is 63.8 cm³/mol. The predicted octanol–water partition coefficient (Wildman–Crippen LogP) is 3.90. The van der Waals surface area contributed by atoms with Crippen LogP contribution in [0.25, 0.3) is 0 Å². The smallest absolute Gasteiger partial charge is 0.0726 e. The molecule has 2 aliphatic carbocycles. The fourth-order valence-electron chi connectivity index (χ4n) is 3.87. The molecule has 1 nitrogen and oxygen atoms in total. The zero-order valence-electron chi connectivity index (χ0n) is 10.4. The van der Waals surface area contributed by atoms with Gasteiger partial charge in [0.15, 0.2) is 0 Å². The van der Waals surface area contributed by atoms with Crippen molar-refractivity contribution in [3.05, 3.63) is 0 Å². The highest BCUT2D eigenvalue weighted by Crippen LogP contribution is 2.52. The van der Waals surface area contributed by atoms with E-state index in [-0.39, 0.29) is 11.0 Å². The molecule has 0 aromatic carbocycles. The summed E-state index contributed by atoms with van der Waals surface area (Å²) < 4.78 is 0. The van der Waals surface area contributed by atoms with Crippen molar-refractivity contribution in [3.63, 3.8) is 0 Å². The topological polar surface area (TPSA) is 20.2 Å². The van der Waals surface area contributed by atoms with Gasteiger partial charge in [-0.15, -0.1) is 0 Å². The number of hydrogen-bond donors (Lipinski definition) is 1. The van der Waals surface area contributed by atoms with E-state index in [9.17, 15) is 5.11 Å². The molecule has 0 aromatic rings. The molecule has 2 saturated carbocycles. The van der Waals surface area contributed by atoms with Crippen LogP contribution >= 0.6 is 0 Å². The average molecular weight is 210 g/mol. The van der Waals surface area contributed by atoms with E-state index in [0.29, 0.717) is 5.92 Å². The van der Waals surface area contributed by atoms with E-state index in [1.807, 2.05) is 0 Å². The molecule has 2 rings (SSSR count). The first-order valence-corrected chi connectivity index (χ1v) is 6.79. The molecule has 0 heterocycles. The van der Waals surface area contributed by atoms with Crippen LogP contribution in [0, 0.1) is 11.3 Å². The summed E-state index contributed by atoms with van der Waals surface area (Å²) in [5, 5.41) is 11.0. The Labute approximate surface area is 94.3 Å². The third kappa shape index (κ3) is 1.95. The van der Waals surface area contributed by atoms with Crippen molar-refractivity contribution in [1.82, 2.24) is 0 Å². The molecule has 0 amide bonds. The largest absolute Gasteiger partial charge is 0.389 e. The van der Waals surface area contributed by atoms with E-state index in [1.165, 1.54) is 51.4 Å².